The van der Waals surface area contributed by atoms with Gasteiger partial charge in [0, 0.05) is 24.6 Å². The van der Waals surface area contributed by atoms with E-state index in [1.165, 1.54) is 27.4 Å². The first-order valence-corrected chi connectivity index (χ1v) is 10.1. The van der Waals surface area contributed by atoms with Gasteiger partial charge in [0.2, 0.25) is 0 Å². The summed E-state index contributed by atoms with van der Waals surface area (Å²) in [5.74, 6) is 1.94. The van der Waals surface area contributed by atoms with E-state index in [-0.39, 0.29) is 5.75 Å². The number of sulfone groups is 1. The summed E-state index contributed by atoms with van der Waals surface area (Å²) in [5, 5.41) is 4.14. The van der Waals surface area contributed by atoms with Gasteiger partial charge in [-0.1, -0.05) is 6.07 Å². The van der Waals surface area contributed by atoms with Gasteiger partial charge in [-0.15, -0.1) is 0 Å². The molecule has 1 N–H and O–H groups in total. The summed E-state index contributed by atoms with van der Waals surface area (Å²) in [5.41, 5.74) is 1.88. The third-order valence-corrected chi connectivity index (χ3v) is 5.38. The monoisotopic (exact) mass is 407 g/mol. The maximum absolute atomic E-state index is 12.6. The number of hydrogen-bond acceptors (Lipinski definition) is 7. The summed E-state index contributed by atoms with van der Waals surface area (Å²) in [6.07, 6.45) is 1.47. The molecule has 0 bridgehead atoms. The Bertz CT molecular complexity index is 928. The van der Waals surface area contributed by atoms with Crippen molar-refractivity contribution < 1.29 is 27.4 Å². The van der Waals surface area contributed by atoms with Gasteiger partial charge in [-0.2, -0.15) is 0 Å². The van der Waals surface area contributed by atoms with Gasteiger partial charge in [-0.3, -0.25) is 0 Å². The molecule has 0 aliphatic rings. The predicted octanol–water partition coefficient (Wildman–Crippen LogP) is 3.35. The van der Waals surface area contributed by atoms with Crippen LogP contribution >= 0.6 is 0 Å². The van der Waals surface area contributed by atoms with E-state index in [0.29, 0.717) is 34.1 Å². The lowest BCUT2D eigenvalue weighted by Gasteiger charge is -2.12. The normalized spacial score (nSPS) is 11.3. The van der Waals surface area contributed by atoms with Gasteiger partial charge in [0.15, 0.2) is 9.84 Å². The standard InChI is InChI=1S/C20H25NO6S/c1-21-17-10-14(6-7-18(17)25-3)13-28(22,23)9-8-16-19(26-4)11-15(24-2)12-20(16)27-5/h6-12,21H,13H2,1-5H3/b9-8-. The Morgan fingerprint density at radius 1 is 0.893 bits per heavy atom. The molecule has 0 aliphatic carbocycles. The molecule has 0 aromatic heterocycles. The van der Waals surface area contributed by atoms with E-state index in [1.807, 2.05) is 0 Å². The SMILES string of the molecule is CNc1cc(CS(=O)(=O)/C=C\c2c(OC)cc(OC)cc2OC)ccc1OC. The topological polar surface area (TPSA) is 83.1 Å². The van der Waals surface area contributed by atoms with Crippen molar-refractivity contribution in [3.05, 3.63) is 46.9 Å². The third kappa shape index (κ3) is 5.10. The lowest BCUT2D eigenvalue weighted by atomic mass is 10.1. The fourth-order valence-electron chi connectivity index (χ4n) is 2.69. The number of ether oxygens (including phenoxy) is 4. The van der Waals surface area contributed by atoms with Crippen LogP contribution in [0.2, 0.25) is 0 Å². The first kappa shape index (κ1) is 21.4. The Kier molecular flexibility index (Phi) is 7.17. The molecular formula is C20H25NO6S. The highest BCUT2D eigenvalue weighted by Crippen LogP contribution is 2.35. The minimum Gasteiger partial charge on any atom is -0.496 e. The van der Waals surface area contributed by atoms with Gasteiger partial charge in [0.1, 0.15) is 23.0 Å². The first-order valence-electron chi connectivity index (χ1n) is 8.43. The van der Waals surface area contributed by atoms with E-state index in [2.05, 4.69) is 5.32 Å². The Balaban J connectivity index is 2.33. The molecule has 0 atom stereocenters. The molecule has 28 heavy (non-hydrogen) atoms. The number of rotatable bonds is 9. The summed E-state index contributed by atoms with van der Waals surface area (Å²) >= 11 is 0. The van der Waals surface area contributed by atoms with Crippen LogP contribution in [0.5, 0.6) is 23.0 Å². The van der Waals surface area contributed by atoms with Gasteiger partial charge >= 0.3 is 0 Å². The highest BCUT2D eigenvalue weighted by Gasteiger charge is 2.14. The molecule has 0 saturated carbocycles. The molecule has 2 aromatic carbocycles. The van der Waals surface area contributed by atoms with Crippen molar-refractivity contribution in [3.8, 4) is 23.0 Å². The fourth-order valence-corrected chi connectivity index (χ4v) is 3.77. The highest BCUT2D eigenvalue weighted by atomic mass is 32.2. The number of benzene rings is 2. The lowest BCUT2D eigenvalue weighted by Crippen LogP contribution is -2.02. The van der Waals surface area contributed by atoms with Gasteiger partial charge in [-0.05, 0) is 23.8 Å². The average molecular weight is 407 g/mol. The zero-order valence-electron chi connectivity index (χ0n) is 16.6. The van der Waals surface area contributed by atoms with E-state index in [4.69, 9.17) is 18.9 Å². The van der Waals surface area contributed by atoms with Gasteiger partial charge in [0.25, 0.3) is 0 Å². The van der Waals surface area contributed by atoms with E-state index >= 15 is 0 Å². The van der Waals surface area contributed by atoms with E-state index in [1.54, 1.807) is 44.5 Å². The minimum atomic E-state index is -3.53. The van der Waals surface area contributed by atoms with Gasteiger partial charge in [-0.25, -0.2) is 8.42 Å². The third-order valence-electron chi connectivity index (χ3n) is 4.10. The van der Waals surface area contributed by atoms with Gasteiger partial charge < -0.3 is 24.3 Å². The van der Waals surface area contributed by atoms with Crippen LogP contribution in [-0.2, 0) is 15.6 Å². The second-order valence-electron chi connectivity index (χ2n) is 5.84. The zero-order chi connectivity index (χ0) is 20.7. The molecule has 0 radical (unpaired) electrons. The van der Waals surface area contributed by atoms with Gasteiger partial charge in [0.05, 0.1) is 45.4 Å². The molecule has 0 saturated heterocycles. The molecule has 2 aromatic rings. The van der Waals surface area contributed by atoms with E-state index in [0.717, 1.165) is 11.1 Å². The molecule has 8 heteroatoms. The quantitative estimate of drug-likeness (QED) is 0.682. The van der Waals surface area contributed by atoms with Crippen LogP contribution in [0.1, 0.15) is 11.1 Å². The second-order valence-corrected chi connectivity index (χ2v) is 7.73. The molecule has 2 rings (SSSR count). The number of hydrogen-bond donors (Lipinski definition) is 1. The predicted molar refractivity (Wildman–Crippen MR) is 110 cm³/mol. The molecule has 0 unspecified atom stereocenters. The molecule has 7 nitrogen and oxygen atoms in total. The summed E-state index contributed by atoms with van der Waals surface area (Å²) in [4.78, 5) is 0. The van der Waals surface area contributed by atoms with Crippen molar-refractivity contribution in [2.75, 3.05) is 40.8 Å². The van der Waals surface area contributed by atoms with Crippen molar-refractivity contribution in [3.63, 3.8) is 0 Å². The summed E-state index contributed by atoms with van der Waals surface area (Å²) in [6, 6.07) is 8.53. The number of anilines is 1. The lowest BCUT2D eigenvalue weighted by molar-refractivity contribution is 0.374. The molecule has 152 valence electrons. The maximum Gasteiger partial charge on any atom is 0.175 e. The van der Waals surface area contributed by atoms with Crippen molar-refractivity contribution in [1.82, 2.24) is 0 Å². The van der Waals surface area contributed by atoms with Crippen LogP contribution in [-0.4, -0.2) is 43.9 Å². The highest BCUT2D eigenvalue weighted by molar-refractivity contribution is 7.93. The second kappa shape index (κ2) is 9.36. The van der Waals surface area contributed by atoms with E-state index < -0.39 is 9.84 Å². The summed E-state index contributed by atoms with van der Waals surface area (Å²) in [7, 11) is 4.30. The molecule has 0 fully saturated rings. The van der Waals surface area contributed by atoms with Crippen LogP contribution in [0.15, 0.2) is 35.7 Å². The number of nitrogens with one attached hydrogen (secondary N) is 1. The van der Waals surface area contributed by atoms with Crippen LogP contribution in [0.4, 0.5) is 5.69 Å². The van der Waals surface area contributed by atoms with Crippen molar-refractivity contribution in [2.24, 2.45) is 0 Å². The minimum absolute atomic E-state index is 0.150. The maximum atomic E-state index is 12.6. The van der Waals surface area contributed by atoms with Crippen molar-refractivity contribution >= 4 is 21.6 Å². The average Bonchev–Trinajstić information content (AvgIpc) is 2.71. The zero-order valence-corrected chi connectivity index (χ0v) is 17.4. The van der Waals surface area contributed by atoms with E-state index in [9.17, 15) is 8.42 Å². The Morgan fingerprint density at radius 2 is 1.50 bits per heavy atom. The Labute approximate surface area is 165 Å². The smallest absolute Gasteiger partial charge is 0.175 e. The summed E-state index contributed by atoms with van der Waals surface area (Å²) in [6.45, 7) is 0. The van der Waals surface area contributed by atoms with Crippen molar-refractivity contribution in [2.45, 2.75) is 5.75 Å². The van der Waals surface area contributed by atoms with Crippen LogP contribution in [0.3, 0.4) is 0 Å². The van der Waals surface area contributed by atoms with Crippen LogP contribution in [0.25, 0.3) is 6.08 Å². The largest absolute Gasteiger partial charge is 0.496 e. The Morgan fingerprint density at radius 3 is 2.00 bits per heavy atom. The fraction of sp³-hybridized carbons (Fsp3) is 0.300. The van der Waals surface area contributed by atoms with Crippen LogP contribution in [0, 0.1) is 0 Å². The molecule has 0 aliphatic heterocycles. The first-order chi connectivity index (χ1) is 13.4. The molecule has 0 spiro atoms. The Hall–Kier alpha value is -2.87. The molecule has 0 heterocycles. The van der Waals surface area contributed by atoms with Crippen molar-refractivity contribution in [1.29, 1.82) is 0 Å². The number of methoxy groups -OCH3 is 4. The van der Waals surface area contributed by atoms with Crippen LogP contribution < -0.4 is 24.3 Å². The molecule has 0 amide bonds. The summed E-state index contributed by atoms with van der Waals surface area (Å²) < 4.78 is 46.3. The molecular weight excluding hydrogens is 382 g/mol.